The summed E-state index contributed by atoms with van der Waals surface area (Å²) in [6.07, 6.45) is -4.77. The third-order valence-electron chi connectivity index (χ3n) is 3.42. The Kier molecular flexibility index (Phi) is 4.77. The van der Waals surface area contributed by atoms with E-state index in [1.165, 1.54) is 12.1 Å². The topological polar surface area (TPSA) is 41.6 Å². The van der Waals surface area contributed by atoms with E-state index < -0.39 is 17.3 Å². The zero-order chi connectivity index (χ0) is 17.3. The van der Waals surface area contributed by atoms with Crippen molar-refractivity contribution >= 4 is 11.8 Å². The Balaban J connectivity index is 1.83. The van der Waals surface area contributed by atoms with Crippen LogP contribution in [0.25, 0.3) is 0 Å². The van der Waals surface area contributed by atoms with Gasteiger partial charge in [0, 0.05) is 31.2 Å². The first-order valence-electron chi connectivity index (χ1n) is 7.44. The van der Waals surface area contributed by atoms with Crippen LogP contribution in [-0.4, -0.2) is 36.2 Å². The SMILES string of the molecule is CC(C)(C)OC(=O)N1CC(CNc2ccccc2C(F)(F)F)C1. The second kappa shape index (κ2) is 6.29. The number of halogens is 3. The minimum absolute atomic E-state index is 0.0655. The summed E-state index contributed by atoms with van der Waals surface area (Å²) in [5, 5.41) is 2.83. The third kappa shape index (κ3) is 4.77. The smallest absolute Gasteiger partial charge is 0.418 e. The van der Waals surface area contributed by atoms with Gasteiger partial charge in [-0.1, -0.05) is 12.1 Å². The Labute approximate surface area is 133 Å². The van der Waals surface area contributed by atoms with Gasteiger partial charge in [-0.3, -0.25) is 0 Å². The molecule has 2 rings (SSSR count). The molecule has 0 radical (unpaired) electrons. The predicted molar refractivity (Wildman–Crippen MR) is 81.2 cm³/mol. The van der Waals surface area contributed by atoms with Crippen molar-refractivity contribution in [2.45, 2.75) is 32.5 Å². The molecule has 0 atom stereocenters. The Bertz CT molecular complexity index is 561. The van der Waals surface area contributed by atoms with Crippen LogP contribution in [0.5, 0.6) is 0 Å². The summed E-state index contributed by atoms with van der Waals surface area (Å²) in [6.45, 7) is 6.71. The molecular formula is C16H21F3N2O2. The molecule has 128 valence electrons. The molecule has 0 unspecified atom stereocenters. The lowest BCUT2D eigenvalue weighted by atomic mass is 10.0. The monoisotopic (exact) mass is 330 g/mol. The van der Waals surface area contributed by atoms with Gasteiger partial charge < -0.3 is 15.0 Å². The first-order chi connectivity index (χ1) is 10.6. The zero-order valence-electron chi connectivity index (χ0n) is 13.4. The number of benzene rings is 1. The molecular weight excluding hydrogens is 309 g/mol. The van der Waals surface area contributed by atoms with Gasteiger partial charge in [0.15, 0.2) is 0 Å². The molecule has 0 spiro atoms. The van der Waals surface area contributed by atoms with E-state index >= 15 is 0 Å². The van der Waals surface area contributed by atoms with E-state index in [1.807, 2.05) is 0 Å². The second-order valence-electron chi connectivity index (χ2n) is 6.68. The van der Waals surface area contributed by atoms with Crippen molar-refractivity contribution in [2.24, 2.45) is 5.92 Å². The van der Waals surface area contributed by atoms with Crippen LogP contribution >= 0.6 is 0 Å². The quantitative estimate of drug-likeness (QED) is 0.911. The van der Waals surface area contributed by atoms with E-state index in [-0.39, 0.29) is 17.7 Å². The second-order valence-corrected chi connectivity index (χ2v) is 6.68. The molecule has 1 aromatic rings. The van der Waals surface area contributed by atoms with Gasteiger partial charge in [0.25, 0.3) is 0 Å². The molecule has 1 amide bonds. The van der Waals surface area contributed by atoms with Gasteiger partial charge in [0.1, 0.15) is 5.60 Å². The fourth-order valence-electron chi connectivity index (χ4n) is 2.31. The molecule has 23 heavy (non-hydrogen) atoms. The molecule has 1 saturated heterocycles. The van der Waals surface area contributed by atoms with E-state index in [2.05, 4.69) is 5.32 Å². The molecule has 1 aromatic carbocycles. The number of para-hydroxylation sites is 1. The lowest BCUT2D eigenvalue weighted by molar-refractivity contribution is -0.137. The summed E-state index contributed by atoms with van der Waals surface area (Å²) in [6, 6.07) is 5.39. The maximum atomic E-state index is 12.9. The highest BCUT2D eigenvalue weighted by Crippen LogP contribution is 2.34. The average molecular weight is 330 g/mol. The minimum atomic E-state index is -4.38. The van der Waals surface area contributed by atoms with Crippen LogP contribution in [-0.2, 0) is 10.9 Å². The van der Waals surface area contributed by atoms with Crippen molar-refractivity contribution in [1.29, 1.82) is 0 Å². The van der Waals surface area contributed by atoms with Crippen molar-refractivity contribution in [3.8, 4) is 0 Å². The lowest BCUT2D eigenvalue weighted by Gasteiger charge is -2.40. The highest BCUT2D eigenvalue weighted by Gasteiger charge is 2.35. The third-order valence-corrected chi connectivity index (χ3v) is 3.42. The van der Waals surface area contributed by atoms with E-state index in [0.29, 0.717) is 19.6 Å². The summed E-state index contributed by atoms with van der Waals surface area (Å²) in [5.41, 5.74) is -1.16. The number of hydrogen-bond acceptors (Lipinski definition) is 3. The van der Waals surface area contributed by atoms with Crippen molar-refractivity contribution in [3.05, 3.63) is 29.8 Å². The van der Waals surface area contributed by atoms with E-state index in [0.717, 1.165) is 6.07 Å². The number of anilines is 1. The van der Waals surface area contributed by atoms with Crippen LogP contribution in [0.4, 0.5) is 23.7 Å². The summed E-state index contributed by atoms with van der Waals surface area (Å²) >= 11 is 0. The van der Waals surface area contributed by atoms with Crippen molar-refractivity contribution < 1.29 is 22.7 Å². The van der Waals surface area contributed by atoms with Crippen molar-refractivity contribution in [1.82, 2.24) is 4.90 Å². The molecule has 1 aliphatic rings. The van der Waals surface area contributed by atoms with Gasteiger partial charge in [-0.15, -0.1) is 0 Å². The number of nitrogens with one attached hydrogen (secondary N) is 1. The number of carbonyl (C=O) groups is 1. The van der Waals surface area contributed by atoms with E-state index in [9.17, 15) is 18.0 Å². The van der Waals surface area contributed by atoms with Crippen LogP contribution < -0.4 is 5.32 Å². The van der Waals surface area contributed by atoms with Gasteiger partial charge in [-0.05, 0) is 32.9 Å². The maximum Gasteiger partial charge on any atom is 0.418 e. The number of likely N-dealkylation sites (tertiary alicyclic amines) is 1. The molecule has 0 bridgehead atoms. The number of ether oxygens (including phenoxy) is 1. The van der Waals surface area contributed by atoms with Gasteiger partial charge in [0.05, 0.1) is 5.56 Å². The minimum Gasteiger partial charge on any atom is -0.444 e. The van der Waals surface area contributed by atoms with Gasteiger partial charge in [-0.2, -0.15) is 13.2 Å². The lowest BCUT2D eigenvalue weighted by Crippen LogP contribution is -2.53. The van der Waals surface area contributed by atoms with E-state index in [4.69, 9.17) is 4.74 Å². The van der Waals surface area contributed by atoms with Crippen LogP contribution in [0.15, 0.2) is 24.3 Å². The fourth-order valence-corrected chi connectivity index (χ4v) is 2.31. The maximum absolute atomic E-state index is 12.9. The number of nitrogens with zero attached hydrogens (tertiary/aromatic N) is 1. The Hall–Kier alpha value is -1.92. The van der Waals surface area contributed by atoms with Gasteiger partial charge in [-0.25, -0.2) is 4.79 Å². The molecule has 0 aliphatic carbocycles. The zero-order valence-corrected chi connectivity index (χ0v) is 13.4. The molecule has 0 aromatic heterocycles. The molecule has 0 saturated carbocycles. The predicted octanol–water partition coefficient (Wildman–Crippen LogP) is 3.98. The fraction of sp³-hybridized carbons (Fsp3) is 0.562. The normalized spacial score (nSPS) is 16.0. The molecule has 1 aliphatic heterocycles. The van der Waals surface area contributed by atoms with E-state index in [1.54, 1.807) is 31.7 Å². The summed E-state index contributed by atoms with van der Waals surface area (Å²) < 4.78 is 43.9. The molecule has 7 heteroatoms. The molecule has 1 heterocycles. The summed E-state index contributed by atoms with van der Waals surface area (Å²) in [5.74, 6) is 0.115. The first kappa shape index (κ1) is 17.4. The number of hydrogen-bond donors (Lipinski definition) is 1. The van der Waals surface area contributed by atoms with Gasteiger partial charge in [0.2, 0.25) is 0 Å². The Morgan fingerprint density at radius 2 is 1.87 bits per heavy atom. The number of amides is 1. The van der Waals surface area contributed by atoms with Crippen molar-refractivity contribution in [3.63, 3.8) is 0 Å². The standard InChI is InChI=1S/C16H21F3N2O2/c1-15(2,3)23-14(22)21-9-11(10-21)8-20-13-7-5-4-6-12(13)16(17,18)19/h4-7,11,20H,8-10H2,1-3H3. The molecule has 1 N–H and O–H groups in total. The summed E-state index contributed by atoms with van der Waals surface area (Å²) in [7, 11) is 0. The van der Waals surface area contributed by atoms with Crippen LogP contribution in [0, 0.1) is 5.92 Å². The van der Waals surface area contributed by atoms with Crippen LogP contribution in [0.1, 0.15) is 26.3 Å². The highest BCUT2D eigenvalue weighted by atomic mass is 19.4. The first-order valence-corrected chi connectivity index (χ1v) is 7.44. The largest absolute Gasteiger partial charge is 0.444 e. The number of alkyl halides is 3. The molecule has 1 fully saturated rings. The van der Waals surface area contributed by atoms with Crippen LogP contribution in [0.2, 0.25) is 0 Å². The average Bonchev–Trinajstić information content (AvgIpc) is 2.34. The van der Waals surface area contributed by atoms with Crippen molar-refractivity contribution in [2.75, 3.05) is 25.0 Å². The Morgan fingerprint density at radius 1 is 1.26 bits per heavy atom. The number of rotatable bonds is 3. The highest BCUT2D eigenvalue weighted by molar-refractivity contribution is 5.69. The van der Waals surface area contributed by atoms with Gasteiger partial charge >= 0.3 is 12.3 Å². The number of carbonyl (C=O) groups excluding carboxylic acids is 1. The summed E-state index contributed by atoms with van der Waals surface area (Å²) in [4.78, 5) is 13.3. The van der Waals surface area contributed by atoms with Crippen LogP contribution in [0.3, 0.4) is 0 Å². The Morgan fingerprint density at radius 3 is 2.43 bits per heavy atom. The molecule has 4 nitrogen and oxygen atoms in total.